The number of hydrogen-bond donors (Lipinski definition) is 2. The van der Waals surface area contributed by atoms with Crippen molar-refractivity contribution in [2.75, 3.05) is 35.7 Å². The van der Waals surface area contributed by atoms with Crippen LogP contribution in [0.4, 0.5) is 11.8 Å². The van der Waals surface area contributed by atoms with Crippen LogP contribution in [0.1, 0.15) is 73.6 Å². The number of rotatable bonds is 5. The van der Waals surface area contributed by atoms with Crippen molar-refractivity contribution in [3.05, 3.63) is 29.0 Å². The van der Waals surface area contributed by atoms with Crippen molar-refractivity contribution in [3.63, 3.8) is 0 Å². The van der Waals surface area contributed by atoms with Gasteiger partial charge in [-0.15, -0.1) is 0 Å². The number of nitrogens with one attached hydrogen (secondary N) is 1. The van der Waals surface area contributed by atoms with Crippen molar-refractivity contribution in [2.45, 2.75) is 80.6 Å². The fourth-order valence-electron chi connectivity index (χ4n) is 5.42. The van der Waals surface area contributed by atoms with E-state index >= 15 is 0 Å². The molecule has 1 unspecified atom stereocenters. The highest BCUT2D eigenvalue weighted by Gasteiger charge is 2.38. The second-order valence-electron chi connectivity index (χ2n) is 10.0. The summed E-state index contributed by atoms with van der Waals surface area (Å²) < 4.78 is 13.1. The van der Waals surface area contributed by atoms with Gasteiger partial charge in [0.1, 0.15) is 16.5 Å². The molecule has 2 aliphatic heterocycles. The number of aromatic nitrogens is 4. The summed E-state index contributed by atoms with van der Waals surface area (Å²) in [5.41, 5.74) is 3.11. The Kier molecular flexibility index (Phi) is 5.57. The highest BCUT2D eigenvalue weighted by molar-refractivity contribution is 7.85. The summed E-state index contributed by atoms with van der Waals surface area (Å²) in [5.74, 6) is 3.42. The van der Waals surface area contributed by atoms with E-state index in [0.717, 1.165) is 99.7 Å². The molecule has 33 heavy (non-hydrogen) atoms. The Balaban J connectivity index is 1.25. The van der Waals surface area contributed by atoms with E-state index in [9.17, 15) is 9.32 Å². The first-order valence-electron chi connectivity index (χ1n) is 12.4. The molecule has 0 bridgehead atoms. The SMILES string of the molecule is O=S1CCCCc2nc(N3CCC(c4ncc5c(n4)CC5)CC3)nc(NC3(CO)CCC3)c21. The highest BCUT2D eigenvalue weighted by atomic mass is 32.2. The molecule has 9 heteroatoms. The quantitative estimate of drug-likeness (QED) is 0.690. The lowest BCUT2D eigenvalue weighted by Crippen LogP contribution is -2.49. The number of hydrogen-bond acceptors (Lipinski definition) is 8. The lowest BCUT2D eigenvalue weighted by Gasteiger charge is -2.42. The van der Waals surface area contributed by atoms with E-state index in [2.05, 4.69) is 15.2 Å². The molecule has 4 aliphatic rings. The fourth-order valence-corrected chi connectivity index (χ4v) is 6.81. The van der Waals surface area contributed by atoms with Gasteiger partial charge < -0.3 is 15.3 Å². The smallest absolute Gasteiger partial charge is 0.227 e. The summed E-state index contributed by atoms with van der Waals surface area (Å²) in [6.07, 6.45) is 11.9. The first-order valence-corrected chi connectivity index (χ1v) is 13.7. The van der Waals surface area contributed by atoms with Crippen molar-refractivity contribution in [3.8, 4) is 0 Å². The minimum absolute atomic E-state index is 0.0694. The highest BCUT2D eigenvalue weighted by Crippen LogP contribution is 2.38. The molecule has 2 N–H and O–H groups in total. The van der Waals surface area contributed by atoms with Gasteiger partial charge in [-0.3, -0.25) is 4.21 Å². The number of nitrogens with zero attached hydrogens (tertiary/aromatic N) is 5. The second-order valence-corrected chi connectivity index (χ2v) is 11.5. The molecule has 2 aliphatic carbocycles. The first kappa shape index (κ1) is 21.4. The molecule has 2 aromatic heterocycles. The molecule has 1 saturated carbocycles. The van der Waals surface area contributed by atoms with Gasteiger partial charge >= 0.3 is 0 Å². The van der Waals surface area contributed by atoms with Crippen LogP contribution in [0.25, 0.3) is 0 Å². The molecule has 0 amide bonds. The molecular weight excluding hydrogens is 436 g/mol. The summed E-state index contributed by atoms with van der Waals surface area (Å²) in [7, 11) is -1.11. The Morgan fingerprint density at radius 3 is 2.58 bits per heavy atom. The molecule has 0 aromatic carbocycles. The minimum atomic E-state index is -1.11. The number of piperidine rings is 1. The van der Waals surface area contributed by atoms with E-state index < -0.39 is 10.8 Å². The molecule has 4 heterocycles. The zero-order chi connectivity index (χ0) is 22.4. The van der Waals surface area contributed by atoms with Crippen LogP contribution >= 0.6 is 0 Å². The maximum atomic E-state index is 13.1. The molecule has 2 fully saturated rings. The zero-order valence-electron chi connectivity index (χ0n) is 19.1. The normalized spacial score (nSPS) is 24.2. The second kappa shape index (κ2) is 8.58. The molecule has 1 atom stereocenters. The Morgan fingerprint density at radius 2 is 1.91 bits per heavy atom. The van der Waals surface area contributed by atoms with Gasteiger partial charge in [0.25, 0.3) is 0 Å². The third-order valence-corrected chi connectivity index (χ3v) is 9.43. The van der Waals surface area contributed by atoms with Crippen LogP contribution in [0.5, 0.6) is 0 Å². The largest absolute Gasteiger partial charge is 0.394 e. The predicted molar refractivity (Wildman–Crippen MR) is 127 cm³/mol. The average molecular weight is 469 g/mol. The average Bonchev–Trinajstić information content (AvgIpc) is 2.98. The molecule has 6 rings (SSSR count). The maximum Gasteiger partial charge on any atom is 0.227 e. The van der Waals surface area contributed by atoms with Crippen LogP contribution in [0.2, 0.25) is 0 Å². The molecule has 0 spiro atoms. The Hall–Kier alpha value is -2.13. The molecule has 1 saturated heterocycles. The molecule has 2 aromatic rings. The van der Waals surface area contributed by atoms with Crippen LogP contribution in [0, 0.1) is 0 Å². The van der Waals surface area contributed by atoms with Gasteiger partial charge in [-0.1, -0.05) is 0 Å². The van der Waals surface area contributed by atoms with Gasteiger partial charge in [0.05, 0.1) is 28.6 Å². The molecule has 0 radical (unpaired) electrons. The number of aliphatic hydroxyl groups is 1. The number of anilines is 2. The summed E-state index contributed by atoms with van der Waals surface area (Å²) in [5, 5.41) is 13.5. The van der Waals surface area contributed by atoms with Crippen molar-refractivity contribution >= 4 is 22.6 Å². The third kappa shape index (κ3) is 3.93. The maximum absolute atomic E-state index is 13.1. The van der Waals surface area contributed by atoms with E-state index in [-0.39, 0.29) is 12.1 Å². The Labute approximate surface area is 197 Å². The van der Waals surface area contributed by atoms with Crippen LogP contribution in [0.3, 0.4) is 0 Å². The van der Waals surface area contributed by atoms with Crippen molar-refractivity contribution < 1.29 is 9.32 Å². The standard InChI is InChI=1S/C24H32N6O2S/c31-15-24(9-3-10-24)29-22-20-19(4-1-2-13-33(20)32)27-23(28-22)30-11-7-16(8-12-30)21-25-14-17-5-6-18(17)26-21/h14,16,31H,1-13,15H2,(H,27,28,29). The van der Waals surface area contributed by atoms with Crippen LogP contribution in [-0.2, 0) is 30.1 Å². The van der Waals surface area contributed by atoms with E-state index in [1.54, 1.807) is 0 Å². The van der Waals surface area contributed by atoms with Crippen LogP contribution in [0.15, 0.2) is 11.1 Å². The number of aliphatic hydroxyl groups excluding tert-OH is 1. The Bertz CT molecular complexity index is 1080. The van der Waals surface area contributed by atoms with Crippen molar-refractivity contribution in [1.82, 2.24) is 19.9 Å². The van der Waals surface area contributed by atoms with Gasteiger partial charge in [-0.2, -0.15) is 4.98 Å². The molecule has 176 valence electrons. The van der Waals surface area contributed by atoms with Gasteiger partial charge in [0, 0.05) is 36.7 Å². The van der Waals surface area contributed by atoms with E-state index in [4.69, 9.17) is 15.0 Å². The number of aryl methyl sites for hydroxylation is 3. The van der Waals surface area contributed by atoms with Gasteiger partial charge in [0.2, 0.25) is 5.95 Å². The third-order valence-electron chi connectivity index (χ3n) is 7.89. The predicted octanol–water partition coefficient (Wildman–Crippen LogP) is 2.52. The first-order chi connectivity index (χ1) is 16.1. The Morgan fingerprint density at radius 1 is 1.06 bits per heavy atom. The van der Waals surface area contributed by atoms with Gasteiger partial charge in [0.15, 0.2) is 0 Å². The zero-order valence-corrected chi connectivity index (χ0v) is 19.9. The van der Waals surface area contributed by atoms with Gasteiger partial charge in [-0.25, -0.2) is 15.0 Å². The molecular formula is C24H32N6O2S. The van der Waals surface area contributed by atoms with E-state index in [0.29, 0.717) is 17.5 Å². The summed E-state index contributed by atoms with van der Waals surface area (Å²) in [6, 6.07) is 0. The van der Waals surface area contributed by atoms with Crippen molar-refractivity contribution in [2.24, 2.45) is 0 Å². The van der Waals surface area contributed by atoms with E-state index in [1.165, 1.54) is 11.3 Å². The van der Waals surface area contributed by atoms with E-state index in [1.807, 2.05) is 6.20 Å². The minimum Gasteiger partial charge on any atom is -0.394 e. The summed E-state index contributed by atoms with van der Waals surface area (Å²) in [4.78, 5) is 22.3. The van der Waals surface area contributed by atoms with Crippen molar-refractivity contribution in [1.29, 1.82) is 0 Å². The summed E-state index contributed by atoms with van der Waals surface area (Å²) in [6.45, 7) is 1.79. The monoisotopic (exact) mass is 468 g/mol. The van der Waals surface area contributed by atoms with Crippen LogP contribution < -0.4 is 10.2 Å². The topological polar surface area (TPSA) is 104 Å². The summed E-state index contributed by atoms with van der Waals surface area (Å²) >= 11 is 0. The van der Waals surface area contributed by atoms with Crippen LogP contribution in [-0.4, -0.2) is 60.2 Å². The molecule has 8 nitrogen and oxygen atoms in total. The lowest BCUT2D eigenvalue weighted by molar-refractivity contribution is 0.143. The van der Waals surface area contributed by atoms with Gasteiger partial charge in [-0.05, 0) is 69.8 Å². The number of fused-ring (bicyclic) bond motifs is 2. The lowest BCUT2D eigenvalue weighted by atomic mass is 9.77. The fraction of sp³-hybridized carbons (Fsp3) is 0.667.